The monoisotopic (exact) mass is 884 g/mol. The van der Waals surface area contributed by atoms with Crippen LogP contribution in [0.1, 0.15) is 329 Å². The van der Waals surface area contributed by atoms with Crippen molar-refractivity contribution in [1.82, 2.24) is 4.90 Å². The quantitative estimate of drug-likeness (QED) is 0.0346. The molecule has 0 atom stereocenters. The summed E-state index contributed by atoms with van der Waals surface area (Å²) in [6.45, 7) is 8.48. The lowest BCUT2D eigenvalue weighted by molar-refractivity contribution is -0.143. The van der Waals surface area contributed by atoms with Gasteiger partial charge in [-0.05, 0) is 111 Å². The summed E-state index contributed by atoms with van der Waals surface area (Å²) in [6, 6.07) is 0. The fourth-order valence-corrected chi connectivity index (χ4v) is 9.39. The minimum atomic E-state index is -0.0269. The van der Waals surface area contributed by atoms with E-state index in [-0.39, 0.29) is 5.97 Å². The van der Waals surface area contributed by atoms with Crippen molar-refractivity contribution in [3.8, 4) is 0 Å². The Morgan fingerprint density at radius 2 is 0.603 bits per heavy atom. The molecule has 0 bridgehead atoms. The van der Waals surface area contributed by atoms with E-state index in [1.54, 1.807) is 11.1 Å². The number of hydrogen-bond acceptors (Lipinski definition) is 3. The molecule has 0 aliphatic rings. The first-order chi connectivity index (χ1) is 31.0. The van der Waals surface area contributed by atoms with Gasteiger partial charge in [0.25, 0.3) is 0 Å². The van der Waals surface area contributed by atoms with Crippen molar-refractivity contribution in [3.05, 3.63) is 23.3 Å². The van der Waals surface area contributed by atoms with Crippen LogP contribution in [-0.4, -0.2) is 38.1 Å². The lowest BCUT2D eigenvalue weighted by Crippen LogP contribution is -2.15. The van der Waals surface area contributed by atoms with Crippen molar-refractivity contribution < 1.29 is 9.53 Å². The Hall–Kier alpha value is -1.09. The minimum absolute atomic E-state index is 0.0269. The zero-order valence-electron chi connectivity index (χ0n) is 44.3. The van der Waals surface area contributed by atoms with E-state index < -0.39 is 0 Å². The second-order valence-electron chi connectivity index (χ2n) is 20.5. The topological polar surface area (TPSA) is 29.5 Å². The molecular formula is C60H117NO2. The van der Waals surface area contributed by atoms with Gasteiger partial charge in [-0.2, -0.15) is 0 Å². The average Bonchev–Trinajstić information content (AvgIpc) is 3.27. The van der Waals surface area contributed by atoms with Crippen molar-refractivity contribution in [2.24, 2.45) is 0 Å². The first-order valence-electron chi connectivity index (χ1n) is 29.2. The molecule has 0 saturated carbocycles. The number of carbonyl (C=O) groups excluding carboxylic acids is 1. The number of carbonyl (C=O) groups is 1. The molecule has 374 valence electrons. The fourth-order valence-electron chi connectivity index (χ4n) is 9.39. The number of unbranched alkanes of at least 4 members (excludes halogenated alkanes) is 37. The molecule has 0 amide bonds. The third-order valence-corrected chi connectivity index (χ3v) is 13.7. The van der Waals surface area contributed by atoms with Crippen LogP contribution in [0.3, 0.4) is 0 Å². The van der Waals surface area contributed by atoms with Crippen LogP contribution in [0.25, 0.3) is 0 Å². The molecule has 0 spiro atoms. The van der Waals surface area contributed by atoms with Crippen molar-refractivity contribution in [1.29, 1.82) is 0 Å². The van der Waals surface area contributed by atoms with Crippen molar-refractivity contribution in [3.63, 3.8) is 0 Å². The second-order valence-corrected chi connectivity index (χ2v) is 20.5. The lowest BCUT2D eigenvalue weighted by atomic mass is 9.97. The zero-order valence-corrected chi connectivity index (χ0v) is 44.3. The van der Waals surface area contributed by atoms with E-state index in [9.17, 15) is 4.79 Å². The number of allylic oxidation sites excluding steroid dienone is 4. The molecule has 0 heterocycles. The molecule has 0 aromatic rings. The molecule has 0 fully saturated rings. The smallest absolute Gasteiger partial charge is 0.305 e. The second kappa shape index (κ2) is 53.5. The summed E-state index contributed by atoms with van der Waals surface area (Å²) in [5.74, 6) is -0.0269. The Morgan fingerprint density at radius 3 is 0.905 bits per heavy atom. The summed E-state index contributed by atoms with van der Waals surface area (Å²) in [5, 5.41) is 0. The molecular weight excluding hydrogens is 767 g/mol. The molecule has 0 aromatic carbocycles. The van der Waals surface area contributed by atoms with E-state index in [0.717, 1.165) is 32.2 Å². The summed E-state index contributed by atoms with van der Waals surface area (Å²) in [4.78, 5) is 14.2. The Labute approximate surface area is 398 Å². The third kappa shape index (κ3) is 51.8. The lowest BCUT2D eigenvalue weighted by Gasteiger charge is -2.10. The van der Waals surface area contributed by atoms with Crippen LogP contribution in [0.4, 0.5) is 0 Å². The van der Waals surface area contributed by atoms with Crippen LogP contribution in [-0.2, 0) is 9.53 Å². The largest absolute Gasteiger partial charge is 0.466 e. The molecule has 0 aliphatic carbocycles. The van der Waals surface area contributed by atoms with Gasteiger partial charge >= 0.3 is 5.97 Å². The van der Waals surface area contributed by atoms with Gasteiger partial charge < -0.3 is 9.64 Å². The SMILES string of the molecule is CCCCCCCCCCCCCCCCCC/C(=C\CCCCOC(=O)CCCN(C)C)CCCCCCC/C=C(/CCCCCCCCCC)CCCCCCCCCCC. The maximum atomic E-state index is 12.1. The highest BCUT2D eigenvalue weighted by Gasteiger charge is 2.05. The van der Waals surface area contributed by atoms with Crippen molar-refractivity contribution >= 4 is 5.97 Å². The van der Waals surface area contributed by atoms with Gasteiger partial charge in [0.2, 0.25) is 0 Å². The van der Waals surface area contributed by atoms with Crippen LogP contribution in [0, 0.1) is 0 Å². The zero-order chi connectivity index (χ0) is 45.8. The number of hydrogen-bond donors (Lipinski definition) is 0. The Morgan fingerprint density at radius 1 is 0.333 bits per heavy atom. The number of nitrogens with zero attached hydrogens (tertiary/aromatic N) is 1. The van der Waals surface area contributed by atoms with Gasteiger partial charge in [-0.3, -0.25) is 4.79 Å². The molecule has 0 radical (unpaired) electrons. The van der Waals surface area contributed by atoms with Crippen molar-refractivity contribution in [2.75, 3.05) is 27.2 Å². The van der Waals surface area contributed by atoms with Gasteiger partial charge in [0.1, 0.15) is 0 Å². The highest BCUT2D eigenvalue weighted by atomic mass is 16.5. The summed E-state index contributed by atoms with van der Waals surface area (Å²) < 4.78 is 5.53. The molecule has 0 N–H and O–H groups in total. The number of rotatable bonds is 53. The predicted molar refractivity (Wildman–Crippen MR) is 284 cm³/mol. The van der Waals surface area contributed by atoms with Crippen LogP contribution in [0.2, 0.25) is 0 Å². The summed E-state index contributed by atoms with van der Waals surface area (Å²) >= 11 is 0. The number of ether oxygens (including phenoxy) is 1. The summed E-state index contributed by atoms with van der Waals surface area (Å²) in [7, 11) is 4.11. The summed E-state index contributed by atoms with van der Waals surface area (Å²) in [5.41, 5.74) is 3.51. The van der Waals surface area contributed by atoms with Crippen LogP contribution >= 0.6 is 0 Å². The fraction of sp³-hybridized carbons (Fsp3) is 0.917. The molecule has 0 aliphatic heterocycles. The van der Waals surface area contributed by atoms with Gasteiger partial charge in [-0.15, -0.1) is 0 Å². The van der Waals surface area contributed by atoms with Gasteiger partial charge in [-0.25, -0.2) is 0 Å². The standard InChI is InChI=1S/C60H117NO2/c1-6-9-12-15-18-21-22-23-24-25-26-27-29-32-37-43-52-59(54-46-40-47-57-63-60(62)55-48-56-61(4)5)53-45-39-34-33-38-44-51-58(49-41-35-30-20-17-14-11-8-3)50-42-36-31-28-19-16-13-10-7-2/h51,54H,6-50,52-53,55-57H2,1-5H3/b58-51-,59-54+. The van der Waals surface area contributed by atoms with Gasteiger partial charge in [0.15, 0.2) is 0 Å². The van der Waals surface area contributed by atoms with Crippen molar-refractivity contribution in [2.45, 2.75) is 329 Å². The third-order valence-electron chi connectivity index (χ3n) is 13.7. The molecule has 0 aromatic heterocycles. The molecule has 63 heavy (non-hydrogen) atoms. The van der Waals surface area contributed by atoms with Crippen LogP contribution < -0.4 is 0 Å². The van der Waals surface area contributed by atoms with E-state index in [1.165, 1.54) is 276 Å². The highest BCUT2D eigenvalue weighted by Crippen LogP contribution is 2.23. The molecule has 0 rings (SSSR count). The van der Waals surface area contributed by atoms with E-state index in [2.05, 4.69) is 51.9 Å². The van der Waals surface area contributed by atoms with E-state index in [0.29, 0.717) is 13.0 Å². The molecule has 3 heteroatoms. The first kappa shape index (κ1) is 61.9. The minimum Gasteiger partial charge on any atom is -0.466 e. The highest BCUT2D eigenvalue weighted by molar-refractivity contribution is 5.69. The normalized spacial score (nSPS) is 12.3. The molecule has 3 nitrogen and oxygen atoms in total. The summed E-state index contributed by atoms with van der Waals surface area (Å²) in [6.07, 6.45) is 70.7. The number of esters is 1. The molecule has 0 saturated heterocycles. The first-order valence-corrected chi connectivity index (χ1v) is 29.2. The van der Waals surface area contributed by atoms with Gasteiger partial charge in [0, 0.05) is 6.42 Å². The Balaban J connectivity index is 4.58. The maximum Gasteiger partial charge on any atom is 0.305 e. The average molecular weight is 885 g/mol. The van der Waals surface area contributed by atoms with Crippen LogP contribution in [0.5, 0.6) is 0 Å². The van der Waals surface area contributed by atoms with E-state index in [1.807, 2.05) is 0 Å². The van der Waals surface area contributed by atoms with E-state index in [4.69, 9.17) is 4.74 Å². The van der Waals surface area contributed by atoms with E-state index >= 15 is 0 Å². The predicted octanol–water partition coefficient (Wildman–Crippen LogP) is 20.7. The maximum absolute atomic E-state index is 12.1. The molecule has 0 unspecified atom stereocenters. The van der Waals surface area contributed by atoms with Crippen LogP contribution in [0.15, 0.2) is 23.3 Å². The Kier molecular flexibility index (Phi) is 52.6. The van der Waals surface area contributed by atoms with Gasteiger partial charge in [-0.1, -0.05) is 256 Å². The van der Waals surface area contributed by atoms with Gasteiger partial charge in [0.05, 0.1) is 6.61 Å². The Bertz CT molecular complexity index is 952.